The smallest absolute Gasteiger partial charge is 0.241 e. The molecule has 1 atom stereocenters. The molecule has 3 aromatic rings. The minimum atomic E-state index is 0.428. The second-order valence-electron chi connectivity index (χ2n) is 6.06. The van der Waals surface area contributed by atoms with Crippen molar-refractivity contribution in [2.75, 3.05) is 6.54 Å². The van der Waals surface area contributed by atoms with Crippen LogP contribution in [0.1, 0.15) is 30.3 Å². The lowest BCUT2D eigenvalue weighted by molar-refractivity contribution is 0.212. The molecule has 0 bridgehead atoms. The number of hydrogen-bond acceptors (Lipinski definition) is 4. The Labute approximate surface area is 146 Å². The van der Waals surface area contributed by atoms with Crippen LogP contribution in [0.4, 0.5) is 0 Å². The maximum absolute atomic E-state index is 5.92. The highest BCUT2D eigenvalue weighted by molar-refractivity contribution is 6.30. The summed E-state index contributed by atoms with van der Waals surface area (Å²) >= 11 is 5.92. The molecule has 1 aliphatic rings. The SMILES string of the molecule is Clc1ccc(-c2noc(CN3CCC[C@@H]3c3ccccc3)n2)cc1. The standard InChI is InChI=1S/C19H18ClN3O/c20-16-10-8-15(9-11-16)19-21-18(24-22-19)13-23-12-4-7-17(23)14-5-2-1-3-6-14/h1-3,5-6,8-11,17H,4,7,12-13H2/t17-/m1/s1. The lowest BCUT2D eigenvalue weighted by atomic mass is 10.0. The highest BCUT2D eigenvalue weighted by Crippen LogP contribution is 2.33. The third-order valence-corrected chi connectivity index (χ3v) is 4.71. The molecular weight excluding hydrogens is 322 g/mol. The maximum Gasteiger partial charge on any atom is 0.241 e. The van der Waals surface area contributed by atoms with Crippen molar-refractivity contribution in [2.45, 2.75) is 25.4 Å². The van der Waals surface area contributed by atoms with E-state index in [2.05, 4.69) is 45.4 Å². The van der Waals surface area contributed by atoms with Crippen molar-refractivity contribution in [3.8, 4) is 11.4 Å². The van der Waals surface area contributed by atoms with Gasteiger partial charge in [0.25, 0.3) is 0 Å². The van der Waals surface area contributed by atoms with Crippen LogP contribution in [-0.4, -0.2) is 21.6 Å². The van der Waals surface area contributed by atoms with Gasteiger partial charge in [0.1, 0.15) is 0 Å². The van der Waals surface area contributed by atoms with Crippen molar-refractivity contribution in [1.82, 2.24) is 15.0 Å². The van der Waals surface area contributed by atoms with Crippen LogP contribution in [0.25, 0.3) is 11.4 Å². The molecule has 122 valence electrons. The zero-order valence-corrected chi connectivity index (χ0v) is 14.0. The number of nitrogens with zero attached hydrogens (tertiary/aromatic N) is 3. The monoisotopic (exact) mass is 339 g/mol. The molecule has 1 fully saturated rings. The molecule has 4 nitrogen and oxygen atoms in total. The molecule has 2 aromatic carbocycles. The van der Waals surface area contributed by atoms with Gasteiger partial charge in [0.15, 0.2) is 0 Å². The van der Waals surface area contributed by atoms with E-state index >= 15 is 0 Å². The lowest BCUT2D eigenvalue weighted by Gasteiger charge is -2.22. The van der Waals surface area contributed by atoms with Gasteiger partial charge < -0.3 is 4.52 Å². The lowest BCUT2D eigenvalue weighted by Crippen LogP contribution is -2.22. The van der Waals surface area contributed by atoms with Gasteiger partial charge in [0.2, 0.25) is 11.7 Å². The Balaban J connectivity index is 1.50. The summed E-state index contributed by atoms with van der Waals surface area (Å²) in [5, 5.41) is 4.80. The zero-order chi connectivity index (χ0) is 16.4. The number of rotatable bonds is 4. The number of benzene rings is 2. The number of hydrogen-bond donors (Lipinski definition) is 0. The van der Waals surface area contributed by atoms with Crippen LogP contribution in [0.5, 0.6) is 0 Å². The van der Waals surface area contributed by atoms with Gasteiger partial charge >= 0.3 is 0 Å². The molecule has 0 radical (unpaired) electrons. The van der Waals surface area contributed by atoms with E-state index in [4.69, 9.17) is 16.1 Å². The Morgan fingerprint density at radius 3 is 2.67 bits per heavy atom. The summed E-state index contributed by atoms with van der Waals surface area (Å²) in [6.07, 6.45) is 2.36. The van der Waals surface area contributed by atoms with Gasteiger partial charge in [-0.3, -0.25) is 4.90 Å². The van der Waals surface area contributed by atoms with Gasteiger partial charge in [0, 0.05) is 16.6 Å². The first-order valence-electron chi connectivity index (χ1n) is 8.17. The molecule has 0 N–H and O–H groups in total. The third kappa shape index (κ3) is 3.21. The van der Waals surface area contributed by atoms with Gasteiger partial charge in [-0.05, 0) is 49.2 Å². The fourth-order valence-corrected chi connectivity index (χ4v) is 3.40. The molecule has 5 heteroatoms. The summed E-state index contributed by atoms with van der Waals surface area (Å²) in [4.78, 5) is 6.95. The van der Waals surface area contributed by atoms with E-state index in [9.17, 15) is 0 Å². The normalized spacial score (nSPS) is 18.1. The fraction of sp³-hybridized carbons (Fsp3) is 0.263. The maximum atomic E-state index is 5.92. The predicted octanol–water partition coefficient (Wildman–Crippen LogP) is 4.73. The predicted molar refractivity (Wildman–Crippen MR) is 93.6 cm³/mol. The van der Waals surface area contributed by atoms with Gasteiger partial charge in [-0.25, -0.2) is 0 Å². The largest absolute Gasteiger partial charge is 0.338 e. The zero-order valence-electron chi connectivity index (χ0n) is 13.2. The first-order valence-corrected chi connectivity index (χ1v) is 8.55. The summed E-state index contributed by atoms with van der Waals surface area (Å²) in [5.74, 6) is 1.26. The van der Waals surface area contributed by atoms with Crippen molar-refractivity contribution >= 4 is 11.6 Å². The molecule has 0 amide bonds. The van der Waals surface area contributed by atoms with Crippen molar-refractivity contribution in [3.05, 3.63) is 71.1 Å². The second kappa shape index (κ2) is 6.75. The molecule has 2 heterocycles. The minimum Gasteiger partial charge on any atom is -0.338 e. The Hall–Kier alpha value is -2.17. The molecule has 1 saturated heterocycles. The number of likely N-dealkylation sites (tertiary alicyclic amines) is 1. The molecule has 0 saturated carbocycles. The van der Waals surface area contributed by atoms with E-state index in [1.807, 2.05) is 24.3 Å². The van der Waals surface area contributed by atoms with Gasteiger partial charge in [-0.1, -0.05) is 47.1 Å². The van der Waals surface area contributed by atoms with E-state index in [0.29, 0.717) is 29.3 Å². The Bertz CT molecular complexity index is 801. The molecule has 4 rings (SSSR count). The van der Waals surface area contributed by atoms with Crippen molar-refractivity contribution in [2.24, 2.45) is 0 Å². The van der Waals surface area contributed by atoms with Gasteiger partial charge in [0.05, 0.1) is 6.54 Å². The van der Waals surface area contributed by atoms with E-state index in [1.54, 1.807) is 0 Å². The second-order valence-corrected chi connectivity index (χ2v) is 6.49. The third-order valence-electron chi connectivity index (χ3n) is 4.46. The van der Waals surface area contributed by atoms with Crippen molar-refractivity contribution in [3.63, 3.8) is 0 Å². The molecule has 0 unspecified atom stereocenters. The molecular formula is C19H18ClN3O. The highest BCUT2D eigenvalue weighted by atomic mass is 35.5. The molecule has 24 heavy (non-hydrogen) atoms. The van der Waals surface area contributed by atoms with E-state index in [0.717, 1.165) is 12.1 Å². The first kappa shape index (κ1) is 15.4. The van der Waals surface area contributed by atoms with Crippen LogP contribution in [0.3, 0.4) is 0 Å². The van der Waals surface area contributed by atoms with E-state index in [1.165, 1.54) is 18.4 Å². The van der Waals surface area contributed by atoms with Crippen LogP contribution in [-0.2, 0) is 6.54 Å². The minimum absolute atomic E-state index is 0.428. The average Bonchev–Trinajstić information content (AvgIpc) is 3.26. The van der Waals surface area contributed by atoms with Crippen molar-refractivity contribution in [1.29, 1.82) is 0 Å². The van der Waals surface area contributed by atoms with Crippen LogP contribution in [0, 0.1) is 0 Å². The van der Waals surface area contributed by atoms with E-state index in [-0.39, 0.29) is 0 Å². The van der Waals surface area contributed by atoms with Gasteiger partial charge in [-0.2, -0.15) is 4.98 Å². The number of aromatic nitrogens is 2. The summed E-state index contributed by atoms with van der Waals surface area (Å²) < 4.78 is 5.46. The van der Waals surface area contributed by atoms with Crippen LogP contribution < -0.4 is 0 Å². The van der Waals surface area contributed by atoms with Crippen LogP contribution >= 0.6 is 11.6 Å². The Morgan fingerprint density at radius 2 is 1.88 bits per heavy atom. The highest BCUT2D eigenvalue weighted by Gasteiger charge is 2.27. The fourth-order valence-electron chi connectivity index (χ4n) is 3.28. The summed E-state index contributed by atoms with van der Waals surface area (Å²) in [6.45, 7) is 1.73. The Morgan fingerprint density at radius 1 is 1.08 bits per heavy atom. The van der Waals surface area contributed by atoms with Crippen LogP contribution in [0.15, 0.2) is 59.1 Å². The quantitative estimate of drug-likeness (QED) is 0.689. The van der Waals surface area contributed by atoms with Crippen molar-refractivity contribution < 1.29 is 4.52 Å². The summed E-state index contributed by atoms with van der Waals surface area (Å²) in [5.41, 5.74) is 2.27. The Kier molecular flexibility index (Phi) is 4.32. The molecule has 1 aliphatic heterocycles. The average molecular weight is 340 g/mol. The molecule has 0 spiro atoms. The summed E-state index contributed by atoms with van der Waals surface area (Å²) in [7, 11) is 0. The molecule has 1 aromatic heterocycles. The number of halogens is 1. The summed E-state index contributed by atoms with van der Waals surface area (Å²) in [6, 6.07) is 18.5. The molecule has 0 aliphatic carbocycles. The van der Waals surface area contributed by atoms with Crippen LogP contribution in [0.2, 0.25) is 5.02 Å². The topological polar surface area (TPSA) is 42.2 Å². The van der Waals surface area contributed by atoms with Gasteiger partial charge in [-0.15, -0.1) is 0 Å². The first-order chi connectivity index (χ1) is 11.8. The van der Waals surface area contributed by atoms with E-state index < -0.39 is 0 Å².